The van der Waals surface area contributed by atoms with Gasteiger partial charge in [-0.25, -0.2) is 9.59 Å². The number of benzene rings is 2. The van der Waals surface area contributed by atoms with Gasteiger partial charge in [0.05, 0.1) is 18.3 Å². The lowest BCUT2D eigenvalue weighted by molar-refractivity contribution is -0.156. The Morgan fingerprint density at radius 3 is 2.19 bits per heavy atom. The Morgan fingerprint density at radius 2 is 1.59 bits per heavy atom. The topological polar surface area (TPSA) is 108 Å². The van der Waals surface area contributed by atoms with E-state index in [-0.39, 0.29) is 59.5 Å². The molecule has 0 spiro atoms. The number of methoxy groups -OCH3 is 1. The van der Waals surface area contributed by atoms with Gasteiger partial charge in [-0.1, -0.05) is 77.7 Å². The van der Waals surface area contributed by atoms with Gasteiger partial charge in [0, 0.05) is 27.4 Å². The highest BCUT2D eigenvalue weighted by Gasteiger charge is 2.46. The van der Waals surface area contributed by atoms with E-state index in [0.717, 1.165) is 0 Å². The standard InChI is InChI=1S/C44H67F3O10Si2/c1-30(31(2)57-59(12,13)42(3,4)5)22-23-35(54-40(48)32-18-15-14-16-19-32)39-36(55-43(6,7)56-39)21-17-20-33-26-34(52-28-44(45,46)47)27-37(53-29-50-8)38(33)41(49)51-24-25-58(9,10)11/h14-20,26-27,30-31,35-36,39H,21-25,28-29H2,1-13H3/t30-,31+,35?,36+,39-/m1/s1. The highest BCUT2D eigenvalue weighted by Crippen LogP contribution is 2.40. The minimum absolute atomic E-state index is 0.00592. The first-order valence-corrected chi connectivity index (χ1v) is 27.0. The summed E-state index contributed by atoms with van der Waals surface area (Å²) in [5, 5.41) is 0.0424. The Labute approximate surface area is 351 Å². The van der Waals surface area contributed by atoms with Gasteiger partial charge in [-0.15, -0.1) is 0 Å². The van der Waals surface area contributed by atoms with Crippen molar-refractivity contribution in [3.05, 3.63) is 65.2 Å². The van der Waals surface area contributed by atoms with E-state index < -0.39 is 65.2 Å². The van der Waals surface area contributed by atoms with Gasteiger partial charge in [0.25, 0.3) is 0 Å². The molecule has 0 amide bonds. The summed E-state index contributed by atoms with van der Waals surface area (Å²) in [6.07, 6.45) is -1.99. The Bertz CT molecular complexity index is 1690. The predicted molar refractivity (Wildman–Crippen MR) is 228 cm³/mol. The summed E-state index contributed by atoms with van der Waals surface area (Å²) in [7, 11) is -2.23. The van der Waals surface area contributed by atoms with Crippen molar-refractivity contribution < 1.29 is 60.3 Å². The lowest BCUT2D eigenvalue weighted by atomic mass is 9.94. The summed E-state index contributed by atoms with van der Waals surface area (Å²) < 4.78 is 87.0. The molecule has 0 radical (unpaired) electrons. The Morgan fingerprint density at radius 1 is 0.932 bits per heavy atom. The number of esters is 2. The van der Waals surface area contributed by atoms with Gasteiger partial charge in [-0.3, -0.25) is 0 Å². The summed E-state index contributed by atoms with van der Waals surface area (Å²) in [6.45, 7) is 23.6. The van der Waals surface area contributed by atoms with Crippen molar-refractivity contribution in [2.24, 2.45) is 5.92 Å². The SMILES string of the molecule is COCOc1cc(OCC(F)(F)F)cc(C=CC[C@@H]2OC(C)(C)O[C@@H]2C(CC[C@@H](C)[C@H](C)O[Si](C)(C)C(C)(C)C)OC(=O)c2ccccc2)c1C(=O)OCC[Si](C)(C)C. The zero-order valence-electron chi connectivity index (χ0n) is 37.2. The fraction of sp³-hybridized carbons (Fsp3) is 0.636. The van der Waals surface area contributed by atoms with Gasteiger partial charge in [0.15, 0.2) is 27.5 Å². The summed E-state index contributed by atoms with van der Waals surface area (Å²) in [5.41, 5.74) is 0.615. The van der Waals surface area contributed by atoms with Crippen LogP contribution in [-0.4, -0.2) is 91.8 Å². The first-order chi connectivity index (χ1) is 27.2. The molecule has 1 heterocycles. The number of halogens is 3. The molecular formula is C44H67F3O10Si2. The molecule has 1 fully saturated rings. The van der Waals surface area contributed by atoms with Crippen molar-refractivity contribution in [2.45, 2.75) is 148 Å². The predicted octanol–water partition coefficient (Wildman–Crippen LogP) is 11.1. The van der Waals surface area contributed by atoms with Crippen LogP contribution in [0.15, 0.2) is 48.5 Å². The molecule has 10 nitrogen and oxygen atoms in total. The second kappa shape index (κ2) is 21.0. The van der Waals surface area contributed by atoms with Crippen LogP contribution < -0.4 is 9.47 Å². The molecule has 0 aliphatic carbocycles. The largest absolute Gasteiger partial charge is 0.484 e. The first kappa shape index (κ1) is 50.1. The molecule has 0 bridgehead atoms. The minimum atomic E-state index is -4.60. The van der Waals surface area contributed by atoms with Crippen LogP contribution in [0, 0.1) is 5.92 Å². The smallest absolute Gasteiger partial charge is 0.422 e. The van der Waals surface area contributed by atoms with Crippen LogP contribution >= 0.6 is 0 Å². The molecule has 2 aromatic rings. The molecular weight excluding hydrogens is 802 g/mol. The van der Waals surface area contributed by atoms with Crippen LogP contribution in [0.5, 0.6) is 11.5 Å². The number of ether oxygens (including phenoxy) is 7. The van der Waals surface area contributed by atoms with Crippen molar-refractivity contribution in [3.8, 4) is 11.5 Å². The molecule has 0 saturated carbocycles. The van der Waals surface area contributed by atoms with Gasteiger partial charge in [0.2, 0.25) is 0 Å². The first-order valence-electron chi connectivity index (χ1n) is 20.3. The number of alkyl halides is 3. The van der Waals surface area contributed by atoms with Crippen LogP contribution in [0.4, 0.5) is 13.2 Å². The molecule has 1 unspecified atom stereocenters. The normalized spacial score (nSPS) is 19.0. The second-order valence-corrected chi connectivity index (χ2v) is 28.9. The number of hydrogen-bond donors (Lipinski definition) is 0. The fourth-order valence-electron chi connectivity index (χ4n) is 6.15. The monoisotopic (exact) mass is 868 g/mol. The maximum Gasteiger partial charge on any atom is 0.422 e. The van der Waals surface area contributed by atoms with E-state index in [1.54, 1.807) is 50.3 Å². The number of rotatable bonds is 21. The molecule has 5 atom stereocenters. The molecule has 1 aliphatic rings. The Balaban J connectivity index is 1.98. The van der Waals surface area contributed by atoms with Gasteiger partial charge in [-0.2, -0.15) is 13.2 Å². The lowest BCUT2D eigenvalue weighted by Gasteiger charge is -2.40. The van der Waals surface area contributed by atoms with Crippen LogP contribution in [0.1, 0.15) is 94.0 Å². The Hall–Kier alpha value is -3.22. The van der Waals surface area contributed by atoms with E-state index in [1.165, 1.54) is 19.2 Å². The number of hydrogen-bond acceptors (Lipinski definition) is 10. The molecule has 332 valence electrons. The summed E-state index contributed by atoms with van der Waals surface area (Å²) in [5.74, 6) is -2.33. The van der Waals surface area contributed by atoms with Gasteiger partial charge in [-0.05, 0) is 93.9 Å². The zero-order chi connectivity index (χ0) is 44.4. The average Bonchev–Trinajstić information content (AvgIpc) is 3.43. The average molecular weight is 869 g/mol. The molecule has 59 heavy (non-hydrogen) atoms. The van der Waals surface area contributed by atoms with Crippen molar-refractivity contribution in [1.29, 1.82) is 0 Å². The second-order valence-electron chi connectivity index (χ2n) is 18.5. The maximum absolute atomic E-state index is 13.6. The quantitative estimate of drug-likeness (QED) is 0.0683. The summed E-state index contributed by atoms with van der Waals surface area (Å²) >= 11 is 0. The molecule has 15 heteroatoms. The third-order valence-corrected chi connectivity index (χ3v) is 16.9. The minimum Gasteiger partial charge on any atom is -0.484 e. The number of carbonyl (C=O) groups excluding carboxylic acids is 2. The van der Waals surface area contributed by atoms with E-state index in [4.69, 9.17) is 37.6 Å². The van der Waals surface area contributed by atoms with E-state index in [1.807, 2.05) is 6.07 Å². The van der Waals surface area contributed by atoms with Crippen molar-refractivity contribution in [3.63, 3.8) is 0 Å². The van der Waals surface area contributed by atoms with Gasteiger partial charge >= 0.3 is 18.1 Å². The molecule has 2 aromatic carbocycles. The van der Waals surface area contributed by atoms with Crippen molar-refractivity contribution >= 4 is 34.4 Å². The van der Waals surface area contributed by atoms with Crippen molar-refractivity contribution in [1.82, 2.24) is 0 Å². The van der Waals surface area contributed by atoms with Crippen LogP contribution in [0.3, 0.4) is 0 Å². The third kappa shape index (κ3) is 16.3. The highest BCUT2D eigenvalue weighted by atomic mass is 28.4. The molecule has 1 saturated heterocycles. The van der Waals surface area contributed by atoms with E-state index in [0.29, 0.717) is 24.4 Å². The van der Waals surface area contributed by atoms with Gasteiger partial charge < -0.3 is 37.6 Å². The van der Waals surface area contributed by atoms with Crippen LogP contribution in [-0.2, 0) is 28.1 Å². The number of carbonyl (C=O) groups is 2. The molecule has 0 N–H and O–H groups in total. The van der Waals surface area contributed by atoms with E-state index in [2.05, 4.69) is 67.4 Å². The van der Waals surface area contributed by atoms with Crippen LogP contribution in [0.25, 0.3) is 6.08 Å². The fourth-order valence-corrected chi connectivity index (χ4v) is 8.38. The molecule has 1 aliphatic heterocycles. The zero-order valence-corrected chi connectivity index (χ0v) is 39.2. The lowest BCUT2D eigenvalue weighted by Crippen LogP contribution is -2.45. The maximum atomic E-state index is 13.6. The van der Waals surface area contributed by atoms with Gasteiger partial charge in [0.1, 0.15) is 29.3 Å². The molecule has 0 aromatic heterocycles. The summed E-state index contributed by atoms with van der Waals surface area (Å²) in [4.78, 5) is 27.2. The van der Waals surface area contributed by atoms with E-state index in [9.17, 15) is 22.8 Å². The third-order valence-electron chi connectivity index (χ3n) is 10.6. The summed E-state index contributed by atoms with van der Waals surface area (Å²) in [6, 6.07) is 12.0. The van der Waals surface area contributed by atoms with Crippen molar-refractivity contribution in [2.75, 3.05) is 27.1 Å². The molecule has 3 rings (SSSR count). The van der Waals surface area contributed by atoms with E-state index >= 15 is 0 Å². The highest BCUT2D eigenvalue weighted by molar-refractivity contribution is 6.76. The van der Waals surface area contributed by atoms with Crippen LogP contribution in [0.2, 0.25) is 43.8 Å². The Kier molecular flexibility index (Phi) is 17.9.